The fourth-order valence-electron chi connectivity index (χ4n) is 1.75. The third-order valence-corrected chi connectivity index (χ3v) is 6.65. The second-order valence-corrected chi connectivity index (χ2v) is 8.17. The molecule has 0 radical (unpaired) electrons. The van der Waals surface area contributed by atoms with Crippen LogP contribution in [0.2, 0.25) is 0 Å². The molecule has 1 aromatic carbocycles. The van der Waals surface area contributed by atoms with Gasteiger partial charge in [-0.2, -0.15) is 0 Å². The van der Waals surface area contributed by atoms with Crippen LogP contribution in [-0.4, -0.2) is 24.8 Å². The predicted molar refractivity (Wildman–Crippen MR) is 76.1 cm³/mol. The summed E-state index contributed by atoms with van der Waals surface area (Å²) in [5.74, 6) is 0.0543. The molecule has 1 aromatic rings. The van der Waals surface area contributed by atoms with Crippen molar-refractivity contribution in [3.05, 3.63) is 35.9 Å². The minimum atomic E-state index is -3.35. The lowest BCUT2D eigenvalue weighted by Gasteiger charge is -2.31. The van der Waals surface area contributed by atoms with Crippen LogP contribution in [0.3, 0.4) is 0 Å². The summed E-state index contributed by atoms with van der Waals surface area (Å²) < 4.78 is 27.5. The summed E-state index contributed by atoms with van der Waals surface area (Å²) in [6.07, 6.45) is 1.85. The van der Waals surface area contributed by atoms with Crippen LogP contribution in [0.15, 0.2) is 34.7 Å². The van der Waals surface area contributed by atoms with Crippen LogP contribution in [0.1, 0.15) is 12.5 Å². The lowest BCUT2D eigenvalue weighted by molar-refractivity contribution is 0.588. The van der Waals surface area contributed by atoms with Crippen LogP contribution in [-0.2, 0) is 14.8 Å². The third kappa shape index (κ3) is 2.86. The monoisotopic (exact) mass is 287 g/mol. The minimum absolute atomic E-state index is 0.0543. The number of thioether (sulfide) groups is 2. The molecule has 0 fully saturated rings. The predicted octanol–water partition coefficient (Wildman–Crippen LogP) is 2.70. The van der Waals surface area contributed by atoms with Crippen LogP contribution < -0.4 is 0 Å². The first-order valence-electron chi connectivity index (χ1n) is 5.06. The van der Waals surface area contributed by atoms with Crippen LogP contribution in [0, 0.1) is 0 Å². The topological polar surface area (TPSA) is 46.5 Å². The minimum Gasteiger partial charge on any atom is -0.205 e. The van der Waals surface area contributed by atoms with Crippen molar-refractivity contribution in [2.24, 2.45) is 4.40 Å². The zero-order chi connectivity index (χ0) is 12.5. The van der Waals surface area contributed by atoms with Gasteiger partial charge in [0.1, 0.15) is 4.38 Å². The van der Waals surface area contributed by atoms with Gasteiger partial charge in [-0.25, -0.2) is 8.42 Å². The number of rotatable bonds is 1. The molecule has 17 heavy (non-hydrogen) atoms. The first-order valence-corrected chi connectivity index (χ1v) is 8.71. The van der Waals surface area contributed by atoms with E-state index < -0.39 is 14.8 Å². The van der Waals surface area contributed by atoms with Gasteiger partial charge in [-0.05, 0) is 18.7 Å². The molecule has 0 spiro atoms. The molecule has 1 aliphatic rings. The van der Waals surface area contributed by atoms with Gasteiger partial charge >= 0.3 is 0 Å². The molecule has 1 unspecified atom stereocenters. The number of hydrogen-bond acceptors (Lipinski definition) is 4. The van der Waals surface area contributed by atoms with Crippen molar-refractivity contribution >= 4 is 37.9 Å². The van der Waals surface area contributed by atoms with Crippen molar-refractivity contribution in [3.8, 4) is 0 Å². The molecular formula is C11H13NO2S3. The maximum absolute atomic E-state index is 11.8. The van der Waals surface area contributed by atoms with Crippen LogP contribution >= 0.6 is 23.5 Å². The quantitative estimate of drug-likeness (QED) is 0.797. The summed E-state index contributed by atoms with van der Waals surface area (Å²) in [6.45, 7) is 1.95. The Balaban J connectivity index is 2.45. The van der Waals surface area contributed by atoms with E-state index in [9.17, 15) is 8.42 Å². The smallest absolute Gasteiger partial charge is 0.205 e. The summed E-state index contributed by atoms with van der Waals surface area (Å²) in [6, 6.07) is 9.71. The van der Waals surface area contributed by atoms with Crippen molar-refractivity contribution in [2.45, 2.75) is 11.7 Å². The van der Waals surface area contributed by atoms with Gasteiger partial charge < -0.3 is 0 Å². The maximum Gasteiger partial charge on any atom is 0.256 e. The lowest BCUT2D eigenvalue weighted by atomic mass is 10.0. The van der Waals surface area contributed by atoms with E-state index in [0.717, 1.165) is 5.56 Å². The maximum atomic E-state index is 11.8. The highest BCUT2D eigenvalue weighted by molar-refractivity contribution is 8.39. The molecule has 0 amide bonds. The lowest BCUT2D eigenvalue weighted by Crippen LogP contribution is -2.32. The van der Waals surface area contributed by atoms with Crippen LogP contribution in [0.25, 0.3) is 0 Å². The van der Waals surface area contributed by atoms with E-state index in [1.807, 2.05) is 43.5 Å². The van der Waals surface area contributed by atoms with Gasteiger partial charge in [0.25, 0.3) is 10.0 Å². The molecule has 0 bridgehead atoms. The molecule has 1 heterocycles. The number of sulfonamides is 1. The Morgan fingerprint density at radius 3 is 2.59 bits per heavy atom. The van der Waals surface area contributed by atoms with E-state index in [0.29, 0.717) is 4.38 Å². The fraction of sp³-hybridized carbons (Fsp3) is 0.364. The Morgan fingerprint density at radius 1 is 1.35 bits per heavy atom. The summed E-state index contributed by atoms with van der Waals surface area (Å²) in [7, 11) is -3.35. The van der Waals surface area contributed by atoms with E-state index in [4.69, 9.17) is 0 Å². The molecule has 0 aliphatic carbocycles. The van der Waals surface area contributed by atoms with Crippen molar-refractivity contribution in [1.82, 2.24) is 0 Å². The van der Waals surface area contributed by atoms with Gasteiger partial charge in [0.05, 0.1) is 10.5 Å². The Bertz CT molecular complexity index is 539. The van der Waals surface area contributed by atoms with Gasteiger partial charge in [-0.15, -0.1) is 16.2 Å². The fourth-order valence-corrected chi connectivity index (χ4v) is 6.24. The second kappa shape index (κ2) is 4.66. The number of hydrogen-bond donors (Lipinski definition) is 0. The highest BCUT2D eigenvalue weighted by atomic mass is 32.2. The molecule has 3 nitrogen and oxygen atoms in total. The zero-order valence-corrected chi connectivity index (χ0v) is 12.0. The summed E-state index contributed by atoms with van der Waals surface area (Å²) >= 11 is 2.90. The number of benzene rings is 1. The SMILES string of the molecule is CSC1=NS(=O)(=O)CC(C)(c2ccccc2)S1. The summed E-state index contributed by atoms with van der Waals surface area (Å²) in [5.41, 5.74) is 1.02. The van der Waals surface area contributed by atoms with E-state index in [1.54, 1.807) is 0 Å². The van der Waals surface area contributed by atoms with E-state index >= 15 is 0 Å². The largest absolute Gasteiger partial charge is 0.256 e. The second-order valence-electron chi connectivity index (χ2n) is 3.99. The van der Waals surface area contributed by atoms with Crippen LogP contribution in [0.5, 0.6) is 0 Å². The van der Waals surface area contributed by atoms with Crippen LogP contribution in [0.4, 0.5) is 0 Å². The molecule has 92 valence electrons. The Morgan fingerprint density at radius 2 is 2.00 bits per heavy atom. The Labute approximate surface area is 110 Å². The molecular weight excluding hydrogens is 274 g/mol. The molecule has 0 aromatic heterocycles. The summed E-state index contributed by atoms with van der Waals surface area (Å²) in [4.78, 5) is 0. The van der Waals surface area contributed by atoms with Gasteiger partial charge in [-0.1, -0.05) is 42.1 Å². The van der Waals surface area contributed by atoms with E-state index in [-0.39, 0.29) is 5.75 Å². The van der Waals surface area contributed by atoms with Crippen molar-refractivity contribution in [1.29, 1.82) is 0 Å². The first kappa shape index (κ1) is 13.0. The standard InChI is InChI=1S/C11H13NO2S3/c1-11(9-6-4-3-5-7-9)8-17(13,14)12-10(15-2)16-11/h3-7H,8H2,1-2H3. The number of nitrogens with zero attached hydrogens (tertiary/aromatic N) is 1. The van der Waals surface area contributed by atoms with E-state index in [2.05, 4.69) is 4.40 Å². The molecule has 0 saturated heterocycles. The average molecular weight is 287 g/mol. The van der Waals surface area contributed by atoms with Crippen molar-refractivity contribution < 1.29 is 8.42 Å². The molecule has 6 heteroatoms. The molecule has 0 saturated carbocycles. The summed E-state index contributed by atoms with van der Waals surface area (Å²) in [5, 5.41) is 0. The Hall–Kier alpha value is -0.460. The highest BCUT2D eigenvalue weighted by Gasteiger charge is 2.38. The normalized spacial score (nSPS) is 27.5. The molecule has 2 rings (SSSR count). The van der Waals surface area contributed by atoms with Crippen molar-refractivity contribution in [3.63, 3.8) is 0 Å². The average Bonchev–Trinajstić information content (AvgIpc) is 2.28. The molecule has 1 aliphatic heterocycles. The highest BCUT2D eigenvalue weighted by Crippen LogP contribution is 2.43. The third-order valence-electron chi connectivity index (χ3n) is 2.54. The van der Waals surface area contributed by atoms with Gasteiger partial charge in [0.2, 0.25) is 0 Å². The molecule has 0 N–H and O–H groups in total. The van der Waals surface area contributed by atoms with Gasteiger partial charge in [0, 0.05) is 0 Å². The Kier molecular flexibility index (Phi) is 3.56. The first-order chi connectivity index (χ1) is 7.95. The van der Waals surface area contributed by atoms with Gasteiger partial charge in [-0.3, -0.25) is 0 Å². The van der Waals surface area contributed by atoms with Gasteiger partial charge in [0.15, 0.2) is 0 Å². The van der Waals surface area contributed by atoms with Crippen molar-refractivity contribution in [2.75, 3.05) is 12.0 Å². The van der Waals surface area contributed by atoms with E-state index in [1.165, 1.54) is 23.5 Å². The molecule has 1 atom stereocenters. The zero-order valence-electron chi connectivity index (χ0n) is 9.58.